The van der Waals surface area contributed by atoms with Crippen LogP contribution in [-0.4, -0.2) is 25.0 Å². The molecule has 0 saturated heterocycles. The Bertz CT molecular complexity index is 354. The van der Waals surface area contributed by atoms with Gasteiger partial charge in [-0.1, -0.05) is 12.1 Å². The highest BCUT2D eigenvalue weighted by atomic mass is 16.7. The molecule has 1 unspecified atom stereocenters. The summed E-state index contributed by atoms with van der Waals surface area (Å²) in [6, 6.07) is 6.49. The van der Waals surface area contributed by atoms with E-state index in [-0.39, 0.29) is 13.2 Å². The largest absolute Gasteiger partial charge is 0.481 e. The van der Waals surface area contributed by atoms with Crippen molar-refractivity contribution in [2.45, 2.75) is 12.5 Å². The molecule has 0 aliphatic heterocycles. The van der Waals surface area contributed by atoms with Gasteiger partial charge in [-0.3, -0.25) is 4.79 Å². The van der Waals surface area contributed by atoms with Crippen molar-refractivity contribution in [1.29, 1.82) is 0 Å². The second-order valence-corrected chi connectivity index (χ2v) is 3.33. The van der Waals surface area contributed by atoms with Crippen LogP contribution in [0.4, 0.5) is 0 Å². The molecule has 0 heterocycles. The number of hydrogen-bond acceptors (Lipinski definition) is 4. The first-order valence-electron chi connectivity index (χ1n) is 4.82. The number of carbonyl (C=O) groups is 1. The minimum absolute atomic E-state index is 0.103. The van der Waals surface area contributed by atoms with Gasteiger partial charge in [0.2, 0.25) is 0 Å². The van der Waals surface area contributed by atoms with E-state index in [9.17, 15) is 4.79 Å². The summed E-state index contributed by atoms with van der Waals surface area (Å²) in [5.74, 6) is -0.309. The van der Waals surface area contributed by atoms with Gasteiger partial charge in [0.05, 0.1) is 6.42 Å². The molecule has 0 aliphatic rings. The maximum Gasteiger partial charge on any atom is 0.305 e. The minimum atomic E-state index is -0.921. The summed E-state index contributed by atoms with van der Waals surface area (Å²) in [5, 5.41) is 8.62. The van der Waals surface area contributed by atoms with Crippen LogP contribution < -0.4 is 10.5 Å². The first kappa shape index (κ1) is 12.5. The average molecular weight is 225 g/mol. The van der Waals surface area contributed by atoms with Gasteiger partial charge in [-0.25, -0.2) is 0 Å². The molecule has 0 amide bonds. The number of rotatable bonds is 6. The topological polar surface area (TPSA) is 81.8 Å². The third-order valence-corrected chi connectivity index (χ3v) is 2.02. The smallest absolute Gasteiger partial charge is 0.305 e. The van der Waals surface area contributed by atoms with Crippen LogP contribution in [0.3, 0.4) is 0 Å². The predicted molar refractivity (Wildman–Crippen MR) is 58.1 cm³/mol. The molecule has 0 aromatic heterocycles. The van der Waals surface area contributed by atoms with E-state index in [1.165, 1.54) is 7.11 Å². The van der Waals surface area contributed by atoms with Crippen molar-refractivity contribution < 1.29 is 19.4 Å². The van der Waals surface area contributed by atoms with E-state index in [1.807, 2.05) is 0 Å². The van der Waals surface area contributed by atoms with Crippen LogP contribution in [-0.2, 0) is 9.53 Å². The normalized spacial score (nSPS) is 12.1. The Balaban J connectivity index is 2.69. The van der Waals surface area contributed by atoms with E-state index in [4.69, 9.17) is 20.3 Å². The first-order chi connectivity index (χ1) is 7.63. The number of carboxylic acids is 1. The van der Waals surface area contributed by atoms with Gasteiger partial charge in [0.25, 0.3) is 0 Å². The molecule has 3 N–H and O–H groups in total. The average Bonchev–Trinajstić information content (AvgIpc) is 2.26. The van der Waals surface area contributed by atoms with Crippen molar-refractivity contribution in [3.63, 3.8) is 0 Å². The zero-order valence-electron chi connectivity index (χ0n) is 9.05. The molecule has 0 aliphatic carbocycles. The second kappa shape index (κ2) is 6.09. The molecule has 0 spiro atoms. The molecule has 0 bridgehead atoms. The van der Waals surface area contributed by atoms with Crippen molar-refractivity contribution in [2.24, 2.45) is 5.73 Å². The molecule has 5 nitrogen and oxygen atoms in total. The molecular formula is C11H15NO4. The highest BCUT2D eigenvalue weighted by Crippen LogP contribution is 2.19. The Morgan fingerprint density at radius 1 is 1.56 bits per heavy atom. The molecule has 88 valence electrons. The van der Waals surface area contributed by atoms with Crippen LogP contribution in [0.25, 0.3) is 0 Å². The molecular weight excluding hydrogens is 210 g/mol. The molecule has 1 aromatic carbocycles. The number of methoxy groups -OCH3 is 1. The van der Waals surface area contributed by atoms with Gasteiger partial charge in [0, 0.05) is 13.2 Å². The molecule has 0 fully saturated rings. The van der Waals surface area contributed by atoms with Crippen molar-refractivity contribution in [2.75, 3.05) is 13.9 Å². The van der Waals surface area contributed by atoms with Gasteiger partial charge in [-0.05, 0) is 17.7 Å². The van der Waals surface area contributed by atoms with Gasteiger partial charge in [-0.2, -0.15) is 0 Å². The van der Waals surface area contributed by atoms with Crippen molar-refractivity contribution in [3.8, 4) is 5.75 Å². The number of benzene rings is 1. The third-order valence-electron chi connectivity index (χ3n) is 2.02. The maximum atomic E-state index is 10.5. The summed E-state index contributed by atoms with van der Waals surface area (Å²) in [6.45, 7) is 0.150. The Kier molecular flexibility index (Phi) is 4.75. The van der Waals surface area contributed by atoms with Crippen LogP contribution in [0.2, 0.25) is 0 Å². The van der Waals surface area contributed by atoms with E-state index >= 15 is 0 Å². The summed E-state index contributed by atoms with van der Waals surface area (Å²) < 4.78 is 9.99. The highest BCUT2D eigenvalue weighted by Gasteiger charge is 2.10. The maximum absolute atomic E-state index is 10.5. The van der Waals surface area contributed by atoms with Crippen LogP contribution in [0.15, 0.2) is 24.3 Å². The number of carboxylic acid groups (broad SMARTS) is 1. The molecule has 1 rings (SSSR count). The molecule has 0 saturated carbocycles. The molecule has 0 radical (unpaired) electrons. The van der Waals surface area contributed by atoms with E-state index in [0.29, 0.717) is 5.75 Å². The Morgan fingerprint density at radius 2 is 2.31 bits per heavy atom. The highest BCUT2D eigenvalue weighted by molar-refractivity contribution is 5.67. The monoisotopic (exact) mass is 225 g/mol. The van der Waals surface area contributed by atoms with Crippen LogP contribution in [0, 0.1) is 0 Å². The van der Waals surface area contributed by atoms with Gasteiger partial charge in [0.15, 0.2) is 6.79 Å². The predicted octanol–water partition coefficient (Wildman–Crippen LogP) is 1.14. The van der Waals surface area contributed by atoms with Gasteiger partial charge in [0.1, 0.15) is 5.75 Å². The molecule has 1 aromatic rings. The number of hydrogen-bond donors (Lipinski definition) is 2. The first-order valence-corrected chi connectivity index (χ1v) is 4.82. The summed E-state index contributed by atoms with van der Waals surface area (Å²) >= 11 is 0. The van der Waals surface area contributed by atoms with Gasteiger partial charge in [-0.15, -0.1) is 0 Å². The van der Waals surface area contributed by atoms with E-state index in [1.54, 1.807) is 24.3 Å². The Morgan fingerprint density at radius 3 is 2.94 bits per heavy atom. The zero-order chi connectivity index (χ0) is 12.0. The van der Waals surface area contributed by atoms with Crippen LogP contribution >= 0.6 is 0 Å². The fourth-order valence-corrected chi connectivity index (χ4v) is 1.27. The number of aliphatic carboxylic acids is 1. The lowest BCUT2D eigenvalue weighted by molar-refractivity contribution is -0.137. The molecule has 1 atom stereocenters. The summed E-state index contributed by atoms with van der Waals surface area (Å²) in [6.07, 6.45) is -0.103. The van der Waals surface area contributed by atoms with Gasteiger partial charge >= 0.3 is 5.97 Å². The third kappa shape index (κ3) is 3.88. The number of nitrogens with two attached hydrogens (primary N) is 1. The Labute approximate surface area is 93.8 Å². The lowest BCUT2D eigenvalue weighted by Crippen LogP contribution is -2.15. The SMILES string of the molecule is COCOc1cccc(C(N)CC(=O)O)c1. The van der Waals surface area contributed by atoms with E-state index < -0.39 is 12.0 Å². The minimum Gasteiger partial charge on any atom is -0.481 e. The summed E-state index contributed by atoms with van der Waals surface area (Å²) in [4.78, 5) is 10.5. The fraction of sp³-hybridized carbons (Fsp3) is 0.364. The lowest BCUT2D eigenvalue weighted by Gasteiger charge is -2.11. The van der Waals surface area contributed by atoms with Gasteiger partial charge < -0.3 is 20.3 Å². The van der Waals surface area contributed by atoms with Crippen LogP contribution in [0.1, 0.15) is 18.0 Å². The van der Waals surface area contributed by atoms with Crippen molar-refractivity contribution >= 4 is 5.97 Å². The van der Waals surface area contributed by atoms with Crippen molar-refractivity contribution in [1.82, 2.24) is 0 Å². The summed E-state index contributed by atoms with van der Waals surface area (Å²) in [5.41, 5.74) is 6.46. The fourth-order valence-electron chi connectivity index (χ4n) is 1.27. The molecule has 16 heavy (non-hydrogen) atoms. The molecule has 5 heteroatoms. The number of ether oxygens (including phenoxy) is 2. The zero-order valence-corrected chi connectivity index (χ0v) is 9.05. The van der Waals surface area contributed by atoms with Crippen molar-refractivity contribution in [3.05, 3.63) is 29.8 Å². The van der Waals surface area contributed by atoms with E-state index in [0.717, 1.165) is 5.56 Å². The summed E-state index contributed by atoms with van der Waals surface area (Å²) in [7, 11) is 1.53. The standard InChI is InChI=1S/C11H15NO4/c1-15-7-16-9-4-2-3-8(5-9)10(12)6-11(13)14/h2-5,10H,6-7,12H2,1H3,(H,13,14). The second-order valence-electron chi connectivity index (χ2n) is 3.33. The van der Waals surface area contributed by atoms with Crippen LogP contribution in [0.5, 0.6) is 5.75 Å². The Hall–Kier alpha value is -1.59. The lowest BCUT2D eigenvalue weighted by atomic mass is 10.0. The quantitative estimate of drug-likeness (QED) is 0.709. The van der Waals surface area contributed by atoms with E-state index in [2.05, 4.69) is 0 Å².